The van der Waals surface area contributed by atoms with Gasteiger partial charge in [0.2, 0.25) is 0 Å². The molecule has 4 nitrogen and oxygen atoms in total. The molecule has 0 saturated carbocycles. The summed E-state index contributed by atoms with van der Waals surface area (Å²) in [7, 11) is 0. The maximum absolute atomic E-state index is 8.01. The standard InChI is InChI=1S/C25H17N3O/c1-16-27-22-14-20-18-10-7-11-19(21-12-5-6-13-26-21)25(18)29-24(20)15-23(22)28(16)17-8-3-2-4-9-17/h2-15H,1H3/i1D3. The Morgan fingerprint density at radius 2 is 1.79 bits per heavy atom. The predicted molar refractivity (Wildman–Crippen MR) is 116 cm³/mol. The number of aromatic nitrogens is 3. The minimum absolute atomic E-state index is 0.0323. The molecule has 0 atom stereocenters. The molecule has 29 heavy (non-hydrogen) atoms. The number of aryl methyl sites for hydroxylation is 1. The third-order valence-electron chi connectivity index (χ3n) is 5.23. The molecule has 4 heteroatoms. The third-order valence-corrected chi connectivity index (χ3v) is 5.23. The van der Waals surface area contributed by atoms with Gasteiger partial charge in [-0.3, -0.25) is 9.55 Å². The summed E-state index contributed by atoms with van der Waals surface area (Å²) in [6, 6.07) is 24.9. The second kappa shape index (κ2) is 6.04. The van der Waals surface area contributed by atoms with Gasteiger partial charge in [-0.25, -0.2) is 4.98 Å². The molecule has 3 aromatic carbocycles. The molecule has 0 aliphatic rings. The molecule has 3 heterocycles. The van der Waals surface area contributed by atoms with E-state index in [1.807, 2.05) is 78.9 Å². The number of para-hydroxylation sites is 2. The normalized spacial score (nSPS) is 13.6. The van der Waals surface area contributed by atoms with Crippen molar-refractivity contribution in [3.05, 3.63) is 90.9 Å². The number of rotatable bonds is 2. The number of pyridine rings is 1. The molecular formula is C25H17N3O. The van der Waals surface area contributed by atoms with Gasteiger partial charge < -0.3 is 4.42 Å². The molecule has 138 valence electrons. The van der Waals surface area contributed by atoms with Crippen LogP contribution in [0.2, 0.25) is 0 Å². The fourth-order valence-corrected chi connectivity index (χ4v) is 3.93. The molecule has 0 aliphatic heterocycles. The van der Waals surface area contributed by atoms with Crippen LogP contribution in [0.3, 0.4) is 0 Å². The second-order valence-electron chi connectivity index (χ2n) is 6.94. The van der Waals surface area contributed by atoms with Crippen LogP contribution in [-0.4, -0.2) is 14.5 Å². The summed E-state index contributed by atoms with van der Waals surface area (Å²) < 4.78 is 32.0. The predicted octanol–water partition coefficient (Wildman–Crippen LogP) is 6.30. The monoisotopic (exact) mass is 378 g/mol. The molecule has 6 rings (SSSR count). The summed E-state index contributed by atoms with van der Waals surface area (Å²) in [5.41, 5.74) is 5.20. The van der Waals surface area contributed by atoms with Gasteiger partial charge in [-0.15, -0.1) is 0 Å². The lowest BCUT2D eigenvalue weighted by Crippen LogP contribution is -1.95. The molecule has 0 spiro atoms. The summed E-state index contributed by atoms with van der Waals surface area (Å²) in [5.74, 6) is 0.0323. The van der Waals surface area contributed by atoms with Crippen LogP contribution in [0.15, 0.2) is 89.5 Å². The van der Waals surface area contributed by atoms with E-state index in [1.54, 1.807) is 10.8 Å². The van der Waals surface area contributed by atoms with Crippen LogP contribution in [0.1, 0.15) is 9.94 Å². The van der Waals surface area contributed by atoms with Crippen LogP contribution in [0.4, 0.5) is 0 Å². The van der Waals surface area contributed by atoms with Crippen molar-refractivity contribution in [2.45, 2.75) is 6.85 Å². The van der Waals surface area contributed by atoms with Crippen LogP contribution >= 0.6 is 0 Å². The molecule has 0 aliphatic carbocycles. The highest BCUT2D eigenvalue weighted by Crippen LogP contribution is 2.37. The van der Waals surface area contributed by atoms with Crippen LogP contribution < -0.4 is 0 Å². The molecule has 6 aromatic rings. The first kappa shape index (κ1) is 13.3. The fraction of sp³-hybridized carbons (Fsp3) is 0.0400. The summed E-state index contributed by atoms with van der Waals surface area (Å²) in [5, 5.41) is 1.83. The molecule has 0 bridgehead atoms. The minimum atomic E-state index is -2.36. The van der Waals surface area contributed by atoms with Crippen molar-refractivity contribution in [1.82, 2.24) is 14.5 Å². The lowest BCUT2D eigenvalue weighted by Gasteiger charge is -2.06. The quantitative estimate of drug-likeness (QED) is 0.355. The van der Waals surface area contributed by atoms with Gasteiger partial charge in [0.05, 0.1) is 16.7 Å². The van der Waals surface area contributed by atoms with Gasteiger partial charge >= 0.3 is 0 Å². The number of imidazole rings is 1. The Labute approximate surface area is 171 Å². The van der Waals surface area contributed by atoms with E-state index in [0.717, 1.165) is 33.3 Å². The molecular weight excluding hydrogens is 358 g/mol. The highest BCUT2D eigenvalue weighted by molar-refractivity contribution is 6.12. The molecule has 0 unspecified atom stereocenters. The number of nitrogens with zero attached hydrogens (tertiary/aromatic N) is 3. The lowest BCUT2D eigenvalue weighted by molar-refractivity contribution is 0.670. The zero-order chi connectivity index (χ0) is 21.9. The Kier molecular flexibility index (Phi) is 2.77. The Bertz CT molecular complexity index is 1600. The molecule has 0 amide bonds. The van der Waals surface area contributed by atoms with E-state index in [4.69, 9.17) is 8.53 Å². The number of benzene rings is 3. The number of furan rings is 1. The van der Waals surface area contributed by atoms with E-state index >= 15 is 0 Å². The highest BCUT2D eigenvalue weighted by atomic mass is 16.3. The van der Waals surface area contributed by atoms with Crippen molar-refractivity contribution in [2.24, 2.45) is 0 Å². The Morgan fingerprint density at radius 3 is 2.62 bits per heavy atom. The van der Waals surface area contributed by atoms with Crippen molar-refractivity contribution in [1.29, 1.82) is 0 Å². The van der Waals surface area contributed by atoms with E-state index in [1.165, 1.54) is 0 Å². The largest absolute Gasteiger partial charge is 0.455 e. The first-order valence-electron chi connectivity index (χ1n) is 10.9. The zero-order valence-corrected chi connectivity index (χ0v) is 15.3. The highest BCUT2D eigenvalue weighted by Gasteiger charge is 2.16. The van der Waals surface area contributed by atoms with Gasteiger partial charge in [-0.1, -0.05) is 36.4 Å². The van der Waals surface area contributed by atoms with E-state index in [9.17, 15) is 0 Å². The van der Waals surface area contributed by atoms with Crippen LogP contribution in [0, 0.1) is 6.85 Å². The smallest absolute Gasteiger partial charge is 0.144 e. The molecule has 0 fully saturated rings. The second-order valence-corrected chi connectivity index (χ2v) is 6.94. The van der Waals surface area contributed by atoms with Crippen LogP contribution in [0.25, 0.3) is 49.9 Å². The summed E-state index contributed by atoms with van der Waals surface area (Å²) in [6.07, 6.45) is 1.76. The average Bonchev–Trinajstić information content (AvgIpc) is 3.36. The first-order valence-corrected chi connectivity index (χ1v) is 9.36. The third kappa shape index (κ3) is 2.39. The molecule has 0 N–H and O–H groups in total. The molecule has 0 saturated heterocycles. The number of fused-ring (bicyclic) bond motifs is 4. The van der Waals surface area contributed by atoms with E-state index in [0.29, 0.717) is 16.6 Å². The van der Waals surface area contributed by atoms with Crippen molar-refractivity contribution in [3.8, 4) is 16.9 Å². The van der Waals surface area contributed by atoms with Crippen molar-refractivity contribution < 1.29 is 8.53 Å². The van der Waals surface area contributed by atoms with E-state index in [-0.39, 0.29) is 5.82 Å². The van der Waals surface area contributed by atoms with Crippen molar-refractivity contribution >= 4 is 33.0 Å². The average molecular weight is 378 g/mol. The maximum atomic E-state index is 8.01. The Morgan fingerprint density at radius 1 is 0.897 bits per heavy atom. The zero-order valence-electron chi connectivity index (χ0n) is 18.3. The summed E-state index contributed by atoms with van der Waals surface area (Å²) in [6.45, 7) is -2.36. The number of hydrogen-bond acceptors (Lipinski definition) is 3. The van der Waals surface area contributed by atoms with Crippen LogP contribution in [-0.2, 0) is 0 Å². The summed E-state index contributed by atoms with van der Waals surface area (Å²) in [4.78, 5) is 8.99. The fourth-order valence-electron chi connectivity index (χ4n) is 3.93. The Hall–Kier alpha value is -3.92. The molecule has 0 radical (unpaired) electrons. The van der Waals surface area contributed by atoms with E-state index < -0.39 is 6.85 Å². The van der Waals surface area contributed by atoms with Crippen LogP contribution in [0.5, 0.6) is 0 Å². The first-order chi connectivity index (χ1) is 15.5. The van der Waals surface area contributed by atoms with Gasteiger partial charge in [0.15, 0.2) is 0 Å². The topological polar surface area (TPSA) is 43.9 Å². The maximum Gasteiger partial charge on any atom is 0.144 e. The van der Waals surface area contributed by atoms with Crippen molar-refractivity contribution in [2.75, 3.05) is 0 Å². The minimum Gasteiger partial charge on any atom is -0.455 e. The van der Waals surface area contributed by atoms with Gasteiger partial charge in [0.1, 0.15) is 17.0 Å². The van der Waals surface area contributed by atoms with Gasteiger partial charge in [0.25, 0.3) is 0 Å². The number of hydrogen-bond donors (Lipinski definition) is 0. The SMILES string of the molecule is [2H]C([2H])([2H])c1nc2cc3c(cc2n1-c1ccccc1)oc1c(-c2ccccn2)cccc13. The van der Waals surface area contributed by atoms with Gasteiger partial charge in [-0.2, -0.15) is 0 Å². The summed E-state index contributed by atoms with van der Waals surface area (Å²) >= 11 is 0. The van der Waals surface area contributed by atoms with Gasteiger partial charge in [-0.05, 0) is 43.3 Å². The molecule has 3 aromatic heterocycles. The Balaban J connectivity index is 1.68. The lowest BCUT2D eigenvalue weighted by atomic mass is 10.1. The van der Waals surface area contributed by atoms with Crippen molar-refractivity contribution in [3.63, 3.8) is 0 Å². The van der Waals surface area contributed by atoms with E-state index in [2.05, 4.69) is 9.97 Å². The van der Waals surface area contributed by atoms with Gasteiger partial charge in [0, 0.05) is 38.4 Å².